The molecule has 5 rings (SSSR count). The summed E-state index contributed by atoms with van der Waals surface area (Å²) < 4.78 is 52.3. The Labute approximate surface area is 216 Å². The molecule has 2 N–H and O–H groups in total. The molecular weight excluding hydrogens is 510 g/mol. The predicted molar refractivity (Wildman–Crippen MR) is 144 cm³/mol. The van der Waals surface area contributed by atoms with Crippen LogP contribution in [0.5, 0.6) is 0 Å². The Morgan fingerprint density at radius 3 is 2.46 bits per heavy atom. The van der Waals surface area contributed by atoms with Gasteiger partial charge in [-0.05, 0) is 48.7 Å². The van der Waals surface area contributed by atoms with Crippen LogP contribution in [0.2, 0.25) is 0 Å². The van der Waals surface area contributed by atoms with Crippen molar-refractivity contribution in [1.29, 1.82) is 0 Å². The highest BCUT2D eigenvalue weighted by Crippen LogP contribution is 2.29. The summed E-state index contributed by atoms with van der Waals surface area (Å²) in [5.74, 6) is -0.284. The minimum Gasteiger partial charge on any atom is -0.345 e. The maximum atomic E-state index is 13.5. The van der Waals surface area contributed by atoms with Gasteiger partial charge in [0.25, 0.3) is 0 Å². The molecule has 0 aliphatic heterocycles. The third kappa shape index (κ3) is 5.30. The molecule has 37 heavy (non-hydrogen) atoms. The van der Waals surface area contributed by atoms with Gasteiger partial charge in [-0.25, -0.2) is 21.8 Å². The second-order valence-corrected chi connectivity index (χ2v) is 13.4. The van der Waals surface area contributed by atoms with E-state index in [4.69, 9.17) is 0 Å². The summed E-state index contributed by atoms with van der Waals surface area (Å²) in [5.41, 5.74) is 2.93. The lowest BCUT2D eigenvalue weighted by Gasteiger charge is -2.22. The van der Waals surface area contributed by atoms with Crippen LogP contribution in [0.15, 0.2) is 71.9 Å². The van der Waals surface area contributed by atoms with Crippen LogP contribution in [0, 0.1) is 0 Å². The molecule has 192 valence electrons. The summed E-state index contributed by atoms with van der Waals surface area (Å²) in [6, 6.07) is 14.8. The second-order valence-electron chi connectivity index (χ2n) is 9.44. The number of fused-ring (bicyclic) bond motifs is 1. The van der Waals surface area contributed by atoms with Crippen LogP contribution in [0.3, 0.4) is 0 Å². The predicted octanol–water partition coefficient (Wildman–Crippen LogP) is 4.94. The van der Waals surface area contributed by atoms with Crippen molar-refractivity contribution in [3.05, 3.63) is 78.1 Å². The first-order valence-corrected chi connectivity index (χ1v) is 15.5. The molecule has 1 fully saturated rings. The number of pyridine rings is 1. The summed E-state index contributed by atoms with van der Waals surface area (Å²) in [4.78, 5) is 21.1. The lowest BCUT2D eigenvalue weighted by atomic mass is 10.0. The summed E-state index contributed by atoms with van der Waals surface area (Å²) in [6.07, 6.45) is 8.50. The van der Waals surface area contributed by atoms with E-state index in [9.17, 15) is 21.6 Å². The zero-order chi connectivity index (χ0) is 26.2. The van der Waals surface area contributed by atoms with E-state index >= 15 is 0 Å². The first-order valence-electron chi connectivity index (χ1n) is 12.1. The SMILES string of the molecule is CS(=O)(=O)c1cccc(-c2cnc3[nH]cc(C(=O)c4cccc(NS(=O)(=O)C5CCCCC5)c4)c3c2)c1. The molecule has 8 nitrogen and oxygen atoms in total. The van der Waals surface area contributed by atoms with E-state index in [0.717, 1.165) is 25.5 Å². The monoisotopic (exact) mass is 537 g/mol. The number of carbonyl (C=O) groups is 1. The summed E-state index contributed by atoms with van der Waals surface area (Å²) in [6.45, 7) is 0. The fourth-order valence-electron chi connectivity index (χ4n) is 4.76. The molecule has 0 saturated heterocycles. The van der Waals surface area contributed by atoms with Crippen LogP contribution < -0.4 is 4.72 Å². The average molecular weight is 538 g/mol. The topological polar surface area (TPSA) is 126 Å². The van der Waals surface area contributed by atoms with Crippen molar-refractivity contribution in [2.24, 2.45) is 0 Å². The Bertz CT molecular complexity index is 1700. The molecule has 4 aromatic rings. The van der Waals surface area contributed by atoms with Gasteiger partial charge in [0.15, 0.2) is 15.6 Å². The zero-order valence-corrected chi connectivity index (χ0v) is 21.9. The maximum absolute atomic E-state index is 13.5. The number of carbonyl (C=O) groups excluding carboxylic acids is 1. The van der Waals surface area contributed by atoms with Gasteiger partial charge in [-0.2, -0.15) is 0 Å². The van der Waals surface area contributed by atoms with Crippen LogP contribution in [0.25, 0.3) is 22.2 Å². The van der Waals surface area contributed by atoms with E-state index in [1.54, 1.807) is 60.9 Å². The zero-order valence-electron chi connectivity index (χ0n) is 20.3. The average Bonchev–Trinajstić information content (AvgIpc) is 3.31. The largest absolute Gasteiger partial charge is 0.345 e. The molecule has 1 aliphatic carbocycles. The second kappa shape index (κ2) is 9.75. The Hall–Kier alpha value is -3.50. The minimum absolute atomic E-state index is 0.197. The minimum atomic E-state index is -3.54. The van der Waals surface area contributed by atoms with Gasteiger partial charge < -0.3 is 4.98 Å². The maximum Gasteiger partial charge on any atom is 0.235 e. The molecule has 0 amide bonds. The highest BCUT2D eigenvalue weighted by Gasteiger charge is 2.27. The number of sulfonamides is 1. The third-order valence-electron chi connectivity index (χ3n) is 6.75. The molecule has 0 radical (unpaired) electrons. The summed E-state index contributed by atoms with van der Waals surface area (Å²) in [5, 5.41) is 0.167. The third-order valence-corrected chi connectivity index (χ3v) is 9.73. The number of sulfone groups is 1. The van der Waals surface area contributed by atoms with E-state index in [0.29, 0.717) is 51.8 Å². The molecule has 2 heterocycles. The molecule has 0 bridgehead atoms. The van der Waals surface area contributed by atoms with Crippen molar-refractivity contribution in [1.82, 2.24) is 9.97 Å². The first kappa shape index (κ1) is 25.2. The van der Waals surface area contributed by atoms with Gasteiger partial charge in [-0.1, -0.05) is 43.5 Å². The van der Waals surface area contributed by atoms with Crippen molar-refractivity contribution in [3.8, 4) is 11.1 Å². The number of ketones is 1. The molecule has 0 unspecified atom stereocenters. The van der Waals surface area contributed by atoms with Gasteiger partial charge >= 0.3 is 0 Å². The van der Waals surface area contributed by atoms with E-state index in [-0.39, 0.29) is 10.7 Å². The van der Waals surface area contributed by atoms with E-state index in [2.05, 4.69) is 14.7 Å². The van der Waals surface area contributed by atoms with Crippen molar-refractivity contribution in [3.63, 3.8) is 0 Å². The Morgan fingerprint density at radius 2 is 1.70 bits per heavy atom. The summed E-state index contributed by atoms with van der Waals surface area (Å²) in [7, 11) is -6.91. The molecule has 2 aromatic heterocycles. The van der Waals surface area contributed by atoms with Crippen LogP contribution in [0.1, 0.15) is 48.0 Å². The molecular formula is C27H27N3O5S2. The molecule has 0 atom stereocenters. The normalized spacial score (nSPS) is 15.1. The molecule has 2 aromatic carbocycles. The van der Waals surface area contributed by atoms with Crippen LogP contribution in [0.4, 0.5) is 5.69 Å². The van der Waals surface area contributed by atoms with Gasteiger partial charge in [0, 0.05) is 46.4 Å². The van der Waals surface area contributed by atoms with E-state index in [1.807, 2.05) is 0 Å². The van der Waals surface area contributed by atoms with Crippen molar-refractivity contribution < 1.29 is 21.6 Å². The van der Waals surface area contributed by atoms with Gasteiger partial charge in [0.2, 0.25) is 10.0 Å². The molecule has 1 saturated carbocycles. The Morgan fingerprint density at radius 1 is 0.946 bits per heavy atom. The fourth-order valence-corrected chi connectivity index (χ4v) is 7.00. The Kier molecular flexibility index (Phi) is 6.63. The lowest BCUT2D eigenvalue weighted by molar-refractivity contribution is 0.104. The number of hydrogen-bond donors (Lipinski definition) is 2. The van der Waals surface area contributed by atoms with Gasteiger partial charge in [-0.3, -0.25) is 9.52 Å². The van der Waals surface area contributed by atoms with E-state index < -0.39 is 25.1 Å². The lowest BCUT2D eigenvalue weighted by Crippen LogP contribution is -2.29. The van der Waals surface area contributed by atoms with Crippen LogP contribution >= 0.6 is 0 Å². The van der Waals surface area contributed by atoms with E-state index in [1.165, 1.54) is 6.07 Å². The van der Waals surface area contributed by atoms with Crippen molar-refractivity contribution in [2.75, 3.05) is 11.0 Å². The number of hydrogen-bond acceptors (Lipinski definition) is 6. The molecule has 1 aliphatic rings. The smallest absolute Gasteiger partial charge is 0.235 e. The van der Waals surface area contributed by atoms with Crippen molar-refractivity contribution >= 4 is 42.4 Å². The van der Waals surface area contributed by atoms with Crippen LogP contribution in [-0.4, -0.2) is 44.1 Å². The quantitative estimate of drug-likeness (QED) is 0.322. The van der Waals surface area contributed by atoms with Gasteiger partial charge in [0.05, 0.1) is 10.1 Å². The highest BCUT2D eigenvalue weighted by atomic mass is 32.2. The number of aromatic nitrogens is 2. The fraction of sp³-hybridized carbons (Fsp3) is 0.259. The van der Waals surface area contributed by atoms with Crippen LogP contribution in [-0.2, 0) is 19.9 Å². The number of nitrogens with zero attached hydrogens (tertiary/aromatic N) is 1. The van der Waals surface area contributed by atoms with Gasteiger partial charge in [0.1, 0.15) is 5.65 Å². The number of H-pyrrole nitrogens is 1. The van der Waals surface area contributed by atoms with Gasteiger partial charge in [-0.15, -0.1) is 0 Å². The standard InChI is InChI=1S/C27H27N3O5S2/c1-36(32,33)23-12-6-7-18(14-23)20-15-24-25(17-29-27(24)28-16-20)26(31)19-8-5-9-21(13-19)30-37(34,35)22-10-3-2-4-11-22/h5-9,12-17,22,30H,2-4,10-11H2,1H3,(H,28,29). The molecule has 0 spiro atoms. The number of anilines is 1. The first-order chi connectivity index (χ1) is 17.6. The number of nitrogens with one attached hydrogen (secondary N) is 2. The number of benzene rings is 2. The highest BCUT2D eigenvalue weighted by molar-refractivity contribution is 7.93. The number of aromatic amines is 1. The molecule has 10 heteroatoms. The van der Waals surface area contributed by atoms with Crippen molar-refractivity contribution in [2.45, 2.75) is 42.2 Å². The number of rotatable bonds is 7. The Balaban J connectivity index is 1.45. The summed E-state index contributed by atoms with van der Waals surface area (Å²) >= 11 is 0.